The standard InChI is InChI=1S/C22H25N3O5S/c26-20(15-7-9-17(10-8-15)31(29,30)24-11-3-4-12-24)23-13-16(14-23)25-21(27)18-5-1-2-6-19(18)22(25)28/h1-2,7-10,16,18-19H,3-6,11-14H2. The van der Waals surface area contributed by atoms with Crippen molar-refractivity contribution in [1.29, 1.82) is 0 Å². The molecule has 1 aliphatic carbocycles. The number of carbonyl (C=O) groups is 3. The molecule has 2 unspecified atom stereocenters. The summed E-state index contributed by atoms with van der Waals surface area (Å²) in [5.41, 5.74) is 0.399. The highest BCUT2D eigenvalue weighted by molar-refractivity contribution is 7.89. The lowest BCUT2D eigenvalue weighted by Crippen LogP contribution is -2.62. The highest BCUT2D eigenvalue weighted by atomic mass is 32.2. The summed E-state index contributed by atoms with van der Waals surface area (Å²) in [5, 5.41) is 0. The van der Waals surface area contributed by atoms with Gasteiger partial charge in [0.2, 0.25) is 21.8 Å². The third-order valence-corrected chi connectivity index (χ3v) is 8.77. The first kappa shape index (κ1) is 20.4. The van der Waals surface area contributed by atoms with Crippen molar-refractivity contribution < 1.29 is 22.8 Å². The maximum absolute atomic E-state index is 12.8. The highest BCUT2D eigenvalue weighted by Crippen LogP contribution is 2.37. The fourth-order valence-corrected chi connectivity index (χ4v) is 6.52. The predicted octanol–water partition coefficient (Wildman–Crippen LogP) is 1.25. The normalized spacial score (nSPS) is 27.0. The largest absolute Gasteiger partial charge is 0.334 e. The second kappa shape index (κ2) is 7.56. The number of likely N-dealkylation sites (tertiary alicyclic amines) is 2. The van der Waals surface area contributed by atoms with E-state index in [0.717, 1.165) is 12.8 Å². The summed E-state index contributed by atoms with van der Waals surface area (Å²) in [6, 6.07) is 5.74. The minimum Gasteiger partial charge on any atom is -0.334 e. The van der Waals surface area contributed by atoms with E-state index in [4.69, 9.17) is 0 Å². The van der Waals surface area contributed by atoms with E-state index in [1.165, 1.54) is 33.5 Å². The number of rotatable bonds is 4. The van der Waals surface area contributed by atoms with Gasteiger partial charge in [-0.05, 0) is 49.9 Å². The molecular formula is C22H25N3O5S. The van der Waals surface area contributed by atoms with E-state index in [2.05, 4.69) is 0 Å². The van der Waals surface area contributed by atoms with Crippen LogP contribution in [0.15, 0.2) is 41.3 Å². The van der Waals surface area contributed by atoms with Gasteiger partial charge in [-0.25, -0.2) is 8.42 Å². The van der Waals surface area contributed by atoms with Gasteiger partial charge in [-0.3, -0.25) is 19.3 Å². The first-order valence-electron chi connectivity index (χ1n) is 10.8. The van der Waals surface area contributed by atoms with Crippen molar-refractivity contribution in [2.45, 2.75) is 36.6 Å². The van der Waals surface area contributed by atoms with E-state index in [1.807, 2.05) is 12.2 Å². The first-order valence-corrected chi connectivity index (χ1v) is 12.2. The van der Waals surface area contributed by atoms with Crippen molar-refractivity contribution in [3.63, 3.8) is 0 Å². The molecule has 31 heavy (non-hydrogen) atoms. The molecule has 4 aliphatic rings. The Morgan fingerprint density at radius 2 is 1.42 bits per heavy atom. The zero-order valence-electron chi connectivity index (χ0n) is 17.1. The van der Waals surface area contributed by atoms with Crippen molar-refractivity contribution in [3.8, 4) is 0 Å². The molecule has 3 aliphatic heterocycles. The molecule has 3 amide bonds. The van der Waals surface area contributed by atoms with Gasteiger partial charge in [-0.15, -0.1) is 0 Å². The molecule has 0 aromatic heterocycles. The number of imide groups is 1. The van der Waals surface area contributed by atoms with Crippen LogP contribution in [0.5, 0.6) is 0 Å². The predicted molar refractivity (Wildman–Crippen MR) is 111 cm³/mol. The number of benzene rings is 1. The summed E-state index contributed by atoms with van der Waals surface area (Å²) in [7, 11) is -3.51. The zero-order chi connectivity index (χ0) is 21.8. The van der Waals surface area contributed by atoms with Gasteiger partial charge in [0, 0.05) is 31.7 Å². The Balaban J connectivity index is 1.23. The van der Waals surface area contributed by atoms with E-state index >= 15 is 0 Å². The second-order valence-corrected chi connectivity index (χ2v) is 10.6. The van der Waals surface area contributed by atoms with Crippen LogP contribution in [0, 0.1) is 11.8 Å². The fraction of sp³-hybridized carbons (Fsp3) is 0.500. The molecule has 164 valence electrons. The lowest BCUT2D eigenvalue weighted by atomic mass is 9.85. The van der Waals surface area contributed by atoms with Gasteiger partial charge in [0.1, 0.15) is 0 Å². The molecule has 9 heteroatoms. The van der Waals surface area contributed by atoms with Gasteiger partial charge in [-0.2, -0.15) is 4.31 Å². The number of allylic oxidation sites excluding steroid dienone is 2. The van der Waals surface area contributed by atoms with Crippen molar-refractivity contribution in [2.24, 2.45) is 11.8 Å². The third kappa shape index (κ3) is 3.30. The Hall–Kier alpha value is -2.52. The minimum atomic E-state index is -3.51. The van der Waals surface area contributed by atoms with E-state index in [-0.39, 0.29) is 40.5 Å². The summed E-state index contributed by atoms with van der Waals surface area (Å²) in [5.74, 6) is -0.972. The molecule has 0 bridgehead atoms. The van der Waals surface area contributed by atoms with Crippen molar-refractivity contribution in [3.05, 3.63) is 42.0 Å². The lowest BCUT2D eigenvalue weighted by Gasteiger charge is -2.43. The molecule has 5 rings (SSSR count). The monoisotopic (exact) mass is 443 g/mol. The molecule has 8 nitrogen and oxygen atoms in total. The molecule has 0 radical (unpaired) electrons. The third-order valence-electron chi connectivity index (χ3n) is 6.86. The molecule has 3 heterocycles. The summed E-state index contributed by atoms with van der Waals surface area (Å²) in [6.07, 6.45) is 6.86. The SMILES string of the molecule is O=C(c1ccc(S(=O)(=O)N2CCCC2)cc1)N1CC(N2C(=O)C3CC=CCC3C2=O)C1. The molecule has 2 atom stereocenters. The highest BCUT2D eigenvalue weighted by Gasteiger charge is 2.52. The van der Waals surface area contributed by atoms with Gasteiger partial charge in [0.05, 0.1) is 22.8 Å². The number of sulfonamides is 1. The zero-order valence-corrected chi connectivity index (χ0v) is 18.0. The van der Waals surface area contributed by atoms with E-state index in [9.17, 15) is 22.8 Å². The van der Waals surface area contributed by atoms with Crippen LogP contribution in [0.3, 0.4) is 0 Å². The lowest BCUT2D eigenvalue weighted by molar-refractivity contribution is -0.145. The van der Waals surface area contributed by atoms with Gasteiger partial charge >= 0.3 is 0 Å². The van der Waals surface area contributed by atoms with Crippen LogP contribution in [0.25, 0.3) is 0 Å². The maximum atomic E-state index is 12.8. The molecule has 1 aromatic rings. The molecule has 0 saturated carbocycles. The molecule has 3 fully saturated rings. The van der Waals surface area contributed by atoms with Crippen LogP contribution in [0.2, 0.25) is 0 Å². The van der Waals surface area contributed by atoms with E-state index in [0.29, 0.717) is 44.6 Å². The van der Waals surface area contributed by atoms with Crippen LogP contribution in [-0.4, -0.2) is 72.5 Å². The van der Waals surface area contributed by atoms with Gasteiger partial charge < -0.3 is 4.90 Å². The molecule has 0 N–H and O–H groups in total. The fourth-order valence-electron chi connectivity index (χ4n) is 5.00. The Labute approximate surface area is 181 Å². The number of hydrogen-bond donors (Lipinski definition) is 0. The van der Waals surface area contributed by atoms with E-state index in [1.54, 1.807) is 4.90 Å². The van der Waals surface area contributed by atoms with E-state index < -0.39 is 10.0 Å². The summed E-state index contributed by atoms with van der Waals surface area (Å²) in [4.78, 5) is 41.3. The average Bonchev–Trinajstić information content (AvgIpc) is 3.37. The van der Waals surface area contributed by atoms with Crippen LogP contribution in [-0.2, 0) is 19.6 Å². The van der Waals surface area contributed by atoms with Crippen LogP contribution in [0.1, 0.15) is 36.0 Å². The van der Waals surface area contributed by atoms with Gasteiger partial charge in [-0.1, -0.05) is 12.2 Å². The summed E-state index contributed by atoms with van der Waals surface area (Å²) < 4.78 is 26.7. The average molecular weight is 444 g/mol. The second-order valence-electron chi connectivity index (χ2n) is 8.70. The Morgan fingerprint density at radius 3 is 1.97 bits per heavy atom. The number of hydrogen-bond acceptors (Lipinski definition) is 5. The summed E-state index contributed by atoms with van der Waals surface area (Å²) in [6.45, 7) is 1.70. The molecule has 0 spiro atoms. The van der Waals surface area contributed by atoms with Crippen LogP contribution >= 0.6 is 0 Å². The summed E-state index contributed by atoms with van der Waals surface area (Å²) >= 11 is 0. The Bertz CT molecular complexity index is 1030. The van der Waals surface area contributed by atoms with Crippen LogP contribution < -0.4 is 0 Å². The van der Waals surface area contributed by atoms with Crippen molar-refractivity contribution in [2.75, 3.05) is 26.2 Å². The Morgan fingerprint density at radius 1 is 0.871 bits per heavy atom. The quantitative estimate of drug-likeness (QED) is 0.516. The van der Waals surface area contributed by atoms with Crippen molar-refractivity contribution in [1.82, 2.24) is 14.1 Å². The Kier molecular flexibility index (Phi) is 4.97. The molecule has 3 saturated heterocycles. The van der Waals surface area contributed by atoms with Gasteiger partial charge in [0.25, 0.3) is 5.91 Å². The first-order chi connectivity index (χ1) is 14.9. The molecule has 1 aromatic carbocycles. The number of nitrogens with zero attached hydrogens (tertiary/aromatic N) is 3. The molecular weight excluding hydrogens is 418 g/mol. The smallest absolute Gasteiger partial charge is 0.253 e. The number of carbonyl (C=O) groups excluding carboxylic acids is 3. The minimum absolute atomic E-state index is 0.118. The van der Waals surface area contributed by atoms with Crippen molar-refractivity contribution >= 4 is 27.7 Å². The van der Waals surface area contributed by atoms with Gasteiger partial charge in [0.15, 0.2) is 0 Å². The topological polar surface area (TPSA) is 95.1 Å². The number of amides is 3. The number of fused-ring (bicyclic) bond motifs is 1. The van der Waals surface area contributed by atoms with Crippen LogP contribution in [0.4, 0.5) is 0 Å². The maximum Gasteiger partial charge on any atom is 0.253 e.